The van der Waals surface area contributed by atoms with Crippen molar-refractivity contribution >= 4 is 21.9 Å². The third-order valence-corrected chi connectivity index (χ3v) is 3.13. The second kappa shape index (κ2) is 7.33. The summed E-state index contributed by atoms with van der Waals surface area (Å²) in [4.78, 5) is 4.57. The molecule has 1 aromatic rings. The highest BCUT2D eigenvalue weighted by Crippen LogP contribution is 2.12. The number of aromatic nitrogens is 2. The molecule has 5 nitrogen and oxygen atoms in total. The van der Waals surface area contributed by atoms with Crippen LogP contribution >= 0.6 is 15.9 Å². The van der Waals surface area contributed by atoms with Crippen molar-refractivity contribution in [2.45, 2.75) is 27.3 Å². The van der Waals surface area contributed by atoms with E-state index in [9.17, 15) is 0 Å². The Morgan fingerprint density at radius 1 is 1.42 bits per heavy atom. The average Bonchev–Trinajstić information content (AvgIpc) is 2.58. The molecule has 0 saturated heterocycles. The van der Waals surface area contributed by atoms with E-state index in [4.69, 9.17) is 0 Å². The lowest BCUT2D eigenvalue weighted by Crippen LogP contribution is -2.37. The molecule has 0 saturated carbocycles. The van der Waals surface area contributed by atoms with Crippen LogP contribution in [0.15, 0.2) is 16.1 Å². The fourth-order valence-corrected chi connectivity index (χ4v) is 1.87. The minimum atomic E-state index is 0.621. The summed E-state index contributed by atoms with van der Waals surface area (Å²) in [5, 5.41) is 10.8. The third kappa shape index (κ3) is 4.70. The Balaban J connectivity index is 2.76. The van der Waals surface area contributed by atoms with E-state index in [1.807, 2.05) is 25.6 Å². The van der Waals surface area contributed by atoms with Crippen LogP contribution in [0.2, 0.25) is 0 Å². The number of aliphatic imine (C=N–C) groups is 1. The van der Waals surface area contributed by atoms with Gasteiger partial charge in [-0.1, -0.05) is 22.5 Å². The van der Waals surface area contributed by atoms with Gasteiger partial charge in [-0.3, -0.25) is 4.68 Å². The highest BCUT2D eigenvalue weighted by Gasteiger charge is 2.08. The van der Waals surface area contributed by atoms with Crippen LogP contribution in [0.25, 0.3) is 0 Å². The largest absolute Gasteiger partial charge is 0.357 e. The monoisotopic (exact) mass is 327 g/mol. The summed E-state index contributed by atoms with van der Waals surface area (Å²) in [7, 11) is 1.95. The van der Waals surface area contributed by atoms with E-state index in [0.717, 1.165) is 28.4 Å². The van der Waals surface area contributed by atoms with Gasteiger partial charge >= 0.3 is 0 Å². The fraction of sp³-hybridized carbons (Fsp3) is 0.538. The standard InChI is InChI=1S/C13H22BrN5/c1-6-15-13(16-7-9(2)14)17-8-12-10(3)18-19(5)11(12)4/h2,6-8H2,1,3-5H3,(H2,15,16,17). The van der Waals surface area contributed by atoms with E-state index in [1.165, 1.54) is 5.56 Å². The van der Waals surface area contributed by atoms with Gasteiger partial charge in [0.15, 0.2) is 5.96 Å². The number of hydrogen-bond acceptors (Lipinski definition) is 2. The van der Waals surface area contributed by atoms with Crippen LogP contribution in [0.1, 0.15) is 23.9 Å². The van der Waals surface area contributed by atoms with Crippen molar-refractivity contribution in [1.82, 2.24) is 20.4 Å². The molecular weight excluding hydrogens is 306 g/mol. The molecule has 0 atom stereocenters. The predicted octanol–water partition coefficient (Wildman–Crippen LogP) is 2.00. The first-order valence-corrected chi connectivity index (χ1v) is 7.09. The van der Waals surface area contributed by atoms with Crippen LogP contribution in [0, 0.1) is 13.8 Å². The Morgan fingerprint density at radius 3 is 2.58 bits per heavy atom. The molecule has 19 heavy (non-hydrogen) atoms. The van der Waals surface area contributed by atoms with Gasteiger partial charge in [0.1, 0.15) is 0 Å². The smallest absolute Gasteiger partial charge is 0.191 e. The summed E-state index contributed by atoms with van der Waals surface area (Å²) in [6.45, 7) is 12.0. The molecule has 0 fully saturated rings. The number of nitrogens with zero attached hydrogens (tertiary/aromatic N) is 3. The molecule has 0 aliphatic heterocycles. The van der Waals surface area contributed by atoms with E-state index in [1.54, 1.807) is 0 Å². The van der Waals surface area contributed by atoms with E-state index in [0.29, 0.717) is 13.1 Å². The molecule has 0 amide bonds. The van der Waals surface area contributed by atoms with Gasteiger partial charge in [0.05, 0.1) is 12.2 Å². The van der Waals surface area contributed by atoms with Gasteiger partial charge in [-0.25, -0.2) is 4.99 Å². The topological polar surface area (TPSA) is 54.2 Å². The van der Waals surface area contributed by atoms with Crippen molar-refractivity contribution in [2.75, 3.05) is 13.1 Å². The van der Waals surface area contributed by atoms with Gasteiger partial charge in [-0.15, -0.1) is 0 Å². The van der Waals surface area contributed by atoms with E-state index in [2.05, 4.69) is 50.2 Å². The SMILES string of the molecule is C=C(Br)CNC(=NCc1c(C)nn(C)c1C)NCC. The number of aryl methyl sites for hydroxylation is 2. The average molecular weight is 328 g/mol. The summed E-state index contributed by atoms with van der Waals surface area (Å²) < 4.78 is 2.78. The maximum Gasteiger partial charge on any atom is 0.191 e. The zero-order valence-electron chi connectivity index (χ0n) is 12.0. The second-order valence-corrected chi connectivity index (χ2v) is 5.46. The first kappa shape index (κ1) is 15.8. The molecule has 0 aromatic carbocycles. The van der Waals surface area contributed by atoms with Gasteiger partial charge in [0.2, 0.25) is 0 Å². The molecule has 1 rings (SSSR count). The molecule has 0 radical (unpaired) electrons. The van der Waals surface area contributed by atoms with Crippen LogP contribution in [0.5, 0.6) is 0 Å². The first-order valence-electron chi connectivity index (χ1n) is 6.30. The number of hydrogen-bond donors (Lipinski definition) is 2. The van der Waals surface area contributed by atoms with Crippen LogP contribution in [-0.4, -0.2) is 28.8 Å². The fourth-order valence-electron chi connectivity index (χ4n) is 1.73. The minimum Gasteiger partial charge on any atom is -0.357 e. The molecule has 106 valence electrons. The van der Waals surface area contributed by atoms with E-state index >= 15 is 0 Å². The van der Waals surface area contributed by atoms with Gasteiger partial charge in [0.25, 0.3) is 0 Å². The second-order valence-electron chi connectivity index (χ2n) is 4.34. The summed E-state index contributed by atoms with van der Waals surface area (Å²) in [6, 6.07) is 0. The number of nitrogens with one attached hydrogen (secondary N) is 2. The zero-order valence-corrected chi connectivity index (χ0v) is 13.6. The Hall–Kier alpha value is -1.30. The lowest BCUT2D eigenvalue weighted by Gasteiger charge is -2.10. The minimum absolute atomic E-state index is 0.621. The van der Waals surface area contributed by atoms with Gasteiger partial charge < -0.3 is 10.6 Å². The third-order valence-electron chi connectivity index (χ3n) is 2.85. The Morgan fingerprint density at radius 2 is 2.11 bits per heavy atom. The van der Waals surface area contributed by atoms with Crippen molar-refractivity contribution < 1.29 is 0 Å². The molecule has 2 N–H and O–H groups in total. The van der Waals surface area contributed by atoms with Crippen LogP contribution < -0.4 is 10.6 Å². The van der Waals surface area contributed by atoms with E-state index in [-0.39, 0.29) is 0 Å². The maximum atomic E-state index is 4.57. The lowest BCUT2D eigenvalue weighted by molar-refractivity contribution is 0.730. The zero-order chi connectivity index (χ0) is 14.4. The summed E-state index contributed by atoms with van der Waals surface area (Å²) >= 11 is 3.32. The molecule has 6 heteroatoms. The van der Waals surface area contributed by atoms with Crippen molar-refractivity contribution in [2.24, 2.45) is 12.0 Å². The number of guanidine groups is 1. The van der Waals surface area contributed by atoms with E-state index < -0.39 is 0 Å². The molecule has 0 aliphatic rings. The maximum absolute atomic E-state index is 4.57. The molecule has 0 spiro atoms. The van der Waals surface area contributed by atoms with Crippen molar-refractivity contribution in [3.05, 3.63) is 28.0 Å². The van der Waals surface area contributed by atoms with Gasteiger partial charge in [-0.2, -0.15) is 5.10 Å². The predicted molar refractivity (Wildman–Crippen MR) is 83.6 cm³/mol. The Bertz CT molecular complexity index is 476. The molecule has 0 unspecified atom stereocenters. The highest BCUT2D eigenvalue weighted by molar-refractivity contribution is 9.11. The summed E-state index contributed by atoms with van der Waals surface area (Å²) in [5.74, 6) is 0.783. The van der Waals surface area contributed by atoms with Gasteiger partial charge in [0, 0.05) is 35.9 Å². The molecule has 1 heterocycles. The van der Waals surface area contributed by atoms with Gasteiger partial charge in [-0.05, 0) is 20.8 Å². The number of halogens is 1. The number of rotatable bonds is 5. The van der Waals surface area contributed by atoms with Crippen molar-refractivity contribution in [3.63, 3.8) is 0 Å². The summed E-state index contributed by atoms with van der Waals surface area (Å²) in [6.07, 6.45) is 0. The van der Waals surface area contributed by atoms with Crippen LogP contribution in [0.3, 0.4) is 0 Å². The lowest BCUT2D eigenvalue weighted by atomic mass is 10.2. The Labute approximate surface area is 123 Å². The van der Waals surface area contributed by atoms with Crippen molar-refractivity contribution in [3.8, 4) is 0 Å². The highest BCUT2D eigenvalue weighted by atomic mass is 79.9. The quantitative estimate of drug-likeness (QED) is 0.642. The van der Waals surface area contributed by atoms with Crippen LogP contribution in [0.4, 0.5) is 0 Å². The normalized spacial score (nSPS) is 11.5. The molecule has 0 bridgehead atoms. The summed E-state index contributed by atoms with van der Waals surface area (Å²) in [5.41, 5.74) is 3.36. The first-order chi connectivity index (χ1) is 8.95. The molecular formula is C13H22BrN5. The molecule has 1 aromatic heterocycles. The van der Waals surface area contributed by atoms with Crippen LogP contribution in [-0.2, 0) is 13.6 Å². The molecule has 0 aliphatic carbocycles. The Kier molecular flexibility index (Phi) is 6.08. The van der Waals surface area contributed by atoms with Crippen molar-refractivity contribution in [1.29, 1.82) is 0 Å².